The monoisotopic (exact) mass is 446 g/mol. The van der Waals surface area contributed by atoms with Crippen molar-refractivity contribution in [3.05, 3.63) is 0 Å². The number of fused-ring (bicyclic) bond motifs is 4. The van der Waals surface area contributed by atoms with Gasteiger partial charge in [-0.3, -0.25) is 0 Å². The number of aliphatic hydroxyl groups excluding tert-OH is 1. The third-order valence-electron chi connectivity index (χ3n) is 13.0. The lowest BCUT2D eigenvalue weighted by Crippen LogP contribution is -2.57. The van der Waals surface area contributed by atoms with Gasteiger partial charge in [0.25, 0.3) is 0 Å². The largest absolute Gasteiger partial charge is 0.393 e. The van der Waals surface area contributed by atoms with E-state index in [0.717, 1.165) is 23.7 Å². The summed E-state index contributed by atoms with van der Waals surface area (Å²) < 4.78 is 6.27. The van der Waals surface area contributed by atoms with Gasteiger partial charge >= 0.3 is 0 Å². The molecule has 3 nitrogen and oxygen atoms in total. The molecule has 1 spiro atoms. The van der Waals surface area contributed by atoms with Crippen molar-refractivity contribution in [2.24, 2.45) is 57.7 Å². The standard InChI is InChI=1S/C29H50O3/c1-17(2)28(6,31)16-24(30)18(3)21-8-9-22-20-14-25(32-7)29-15-19(29)10-13-27(29,5)23(20)11-12-26(21,22)4/h17-25,30-31H,8-16H2,1-7H3/t18-,19+,20-,21+,22-,23-,24+,25+,26+,27+,28?,29-/m0/s1. The Kier molecular flexibility index (Phi) is 5.49. The fourth-order valence-electron chi connectivity index (χ4n) is 10.6. The van der Waals surface area contributed by atoms with Crippen LogP contribution in [0.15, 0.2) is 0 Å². The summed E-state index contributed by atoms with van der Waals surface area (Å²) in [6, 6.07) is 0. The molecule has 12 atom stereocenters. The third kappa shape index (κ3) is 2.95. The van der Waals surface area contributed by atoms with Gasteiger partial charge in [-0.2, -0.15) is 0 Å². The van der Waals surface area contributed by atoms with Crippen molar-refractivity contribution in [1.82, 2.24) is 0 Å². The van der Waals surface area contributed by atoms with E-state index in [-0.39, 0.29) is 11.8 Å². The van der Waals surface area contributed by atoms with Crippen LogP contribution in [0.3, 0.4) is 0 Å². The smallest absolute Gasteiger partial charge is 0.0667 e. The molecule has 3 heteroatoms. The predicted molar refractivity (Wildman–Crippen MR) is 129 cm³/mol. The molecule has 5 fully saturated rings. The van der Waals surface area contributed by atoms with E-state index in [9.17, 15) is 10.2 Å². The summed E-state index contributed by atoms with van der Waals surface area (Å²) in [5, 5.41) is 22.0. The van der Waals surface area contributed by atoms with Crippen LogP contribution in [0, 0.1) is 57.7 Å². The van der Waals surface area contributed by atoms with E-state index in [0.29, 0.717) is 34.7 Å². The van der Waals surface area contributed by atoms with Crippen LogP contribution in [0.1, 0.15) is 99.3 Å². The Hall–Kier alpha value is -0.120. The molecule has 0 aromatic carbocycles. The van der Waals surface area contributed by atoms with E-state index >= 15 is 0 Å². The van der Waals surface area contributed by atoms with E-state index in [1.807, 2.05) is 14.0 Å². The Morgan fingerprint density at radius 2 is 1.75 bits per heavy atom. The number of rotatable bonds is 6. The highest BCUT2D eigenvalue weighted by Crippen LogP contribution is 2.82. The van der Waals surface area contributed by atoms with Crippen molar-refractivity contribution < 1.29 is 14.9 Å². The zero-order valence-corrected chi connectivity index (χ0v) is 21.9. The van der Waals surface area contributed by atoms with Crippen LogP contribution in [-0.4, -0.2) is 35.1 Å². The molecular weight excluding hydrogens is 396 g/mol. The highest BCUT2D eigenvalue weighted by Gasteiger charge is 2.77. The predicted octanol–water partition coefficient (Wildman–Crippen LogP) is 6.06. The van der Waals surface area contributed by atoms with Crippen LogP contribution in [0.2, 0.25) is 0 Å². The molecule has 1 unspecified atom stereocenters. The lowest BCUT2D eigenvalue weighted by atomic mass is 9.45. The molecule has 0 radical (unpaired) electrons. The SMILES string of the molecule is CO[C@@H]1C[C@H]2[C@@H]3CC[C@H]([C@H](C)[C@H](O)CC(C)(O)C(C)C)[C@@]3(C)CC[C@@H]2[C@@]2(C)CC[C@@H]3C[C@]312. The molecule has 0 amide bonds. The van der Waals surface area contributed by atoms with E-state index in [4.69, 9.17) is 4.74 Å². The van der Waals surface area contributed by atoms with Gasteiger partial charge in [0.1, 0.15) is 0 Å². The highest BCUT2D eigenvalue weighted by molar-refractivity contribution is 5.26. The minimum atomic E-state index is -0.800. The maximum Gasteiger partial charge on any atom is 0.0667 e. The van der Waals surface area contributed by atoms with Crippen molar-refractivity contribution in [3.8, 4) is 0 Å². The third-order valence-corrected chi connectivity index (χ3v) is 13.0. The molecular formula is C29H50O3. The van der Waals surface area contributed by atoms with Gasteiger partial charge in [0.05, 0.1) is 17.8 Å². The molecule has 0 aliphatic heterocycles. The van der Waals surface area contributed by atoms with E-state index in [1.165, 1.54) is 51.4 Å². The quantitative estimate of drug-likeness (QED) is 0.521. The van der Waals surface area contributed by atoms with Gasteiger partial charge in [0.15, 0.2) is 0 Å². The first kappa shape index (κ1) is 23.6. The minimum absolute atomic E-state index is 0.158. The molecule has 2 N–H and O–H groups in total. The second-order valence-corrected chi connectivity index (χ2v) is 14.1. The van der Waals surface area contributed by atoms with E-state index in [2.05, 4.69) is 34.6 Å². The summed E-state index contributed by atoms with van der Waals surface area (Å²) in [6.45, 7) is 13.5. The number of methoxy groups -OCH3 is 1. The lowest BCUT2D eigenvalue weighted by molar-refractivity contribution is -0.163. The second kappa shape index (κ2) is 7.44. The second-order valence-electron chi connectivity index (χ2n) is 14.1. The molecule has 0 bridgehead atoms. The van der Waals surface area contributed by atoms with Gasteiger partial charge in [-0.1, -0.05) is 34.6 Å². The Morgan fingerprint density at radius 3 is 2.38 bits per heavy atom. The molecule has 5 aliphatic rings. The Balaban J connectivity index is 1.37. The van der Waals surface area contributed by atoms with Gasteiger partial charge in [-0.05, 0) is 111 Å². The van der Waals surface area contributed by atoms with Crippen LogP contribution in [-0.2, 0) is 4.74 Å². The summed E-state index contributed by atoms with van der Waals surface area (Å²) in [4.78, 5) is 0. The van der Waals surface area contributed by atoms with Gasteiger partial charge < -0.3 is 14.9 Å². The fourth-order valence-corrected chi connectivity index (χ4v) is 10.6. The molecule has 0 aromatic rings. The topological polar surface area (TPSA) is 49.7 Å². The van der Waals surface area contributed by atoms with Crippen LogP contribution >= 0.6 is 0 Å². The molecule has 0 saturated heterocycles. The first-order chi connectivity index (χ1) is 14.9. The van der Waals surface area contributed by atoms with Crippen molar-refractivity contribution in [3.63, 3.8) is 0 Å². The average Bonchev–Trinajstić information content (AvgIpc) is 3.24. The summed E-state index contributed by atoms with van der Waals surface area (Å²) in [5.74, 6) is 4.35. The van der Waals surface area contributed by atoms with Gasteiger partial charge in [0.2, 0.25) is 0 Å². The fraction of sp³-hybridized carbons (Fsp3) is 1.00. The number of ether oxygens (including phenoxy) is 1. The van der Waals surface area contributed by atoms with Gasteiger partial charge in [-0.25, -0.2) is 0 Å². The Bertz CT molecular complexity index is 732. The number of hydrogen-bond donors (Lipinski definition) is 2. The van der Waals surface area contributed by atoms with Crippen molar-refractivity contribution >= 4 is 0 Å². The number of aliphatic hydroxyl groups is 2. The Labute approximate surface area is 197 Å². The van der Waals surface area contributed by atoms with Crippen LogP contribution in [0.4, 0.5) is 0 Å². The first-order valence-corrected chi connectivity index (χ1v) is 13.9. The summed E-state index contributed by atoms with van der Waals surface area (Å²) in [5.41, 5.74) is 0.514. The molecule has 5 rings (SSSR count). The first-order valence-electron chi connectivity index (χ1n) is 13.9. The van der Waals surface area contributed by atoms with Gasteiger partial charge in [0, 0.05) is 18.9 Å². The molecule has 5 saturated carbocycles. The number of hydrogen-bond acceptors (Lipinski definition) is 3. The maximum absolute atomic E-state index is 11.2. The lowest BCUT2D eigenvalue weighted by Gasteiger charge is -2.61. The minimum Gasteiger partial charge on any atom is -0.393 e. The van der Waals surface area contributed by atoms with Crippen LogP contribution in [0.5, 0.6) is 0 Å². The average molecular weight is 447 g/mol. The van der Waals surface area contributed by atoms with Crippen LogP contribution in [0.25, 0.3) is 0 Å². The molecule has 32 heavy (non-hydrogen) atoms. The molecule has 5 aliphatic carbocycles. The highest BCUT2D eigenvalue weighted by atomic mass is 16.5. The summed E-state index contributed by atoms with van der Waals surface area (Å²) >= 11 is 0. The molecule has 0 aromatic heterocycles. The van der Waals surface area contributed by atoms with Crippen LogP contribution < -0.4 is 0 Å². The van der Waals surface area contributed by atoms with Crippen molar-refractivity contribution in [2.75, 3.05) is 7.11 Å². The Morgan fingerprint density at radius 1 is 1.03 bits per heavy atom. The zero-order valence-electron chi connectivity index (χ0n) is 21.9. The maximum atomic E-state index is 11.2. The molecule has 0 heterocycles. The van der Waals surface area contributed by atoms with E-state index < -0.39 is 11.7 Å². The molecule has 184 valence electrons. The van der Waals surface area contributed by atoms with Crippen molar-refractivity contribution in [2.45, 2.75) is 117 Å². The van der Waals surface area contributed by atoms with Gasteiger partial charge in [-0.15, -0.1) is 0 Å². The normalized spacial score (nSPS) is 53.1. The summed E-state index contributed by atoms with van der Waals surface area (Å²) in [7, 11) is 1.98. The van der Waals surface area contributed by atoms with Crippen molar-refractivity contribution in [1.29, 1.82) is 0 Å². The van der Waals surface area contributed by atoms with E-state index in [1.54, 1.807) is 0 Å². The summed E-state index contributed by atoms with van der Waals surface area (Å²) in [6.07, 6.45) is 11.4. The zero-order chi connectivity index (χ0) is 23.3.